The summed E-state index contributed by atoms with van der Waals surface area (Å²) >= 11 is 2.16. The summed E-state index contributed by atoms with van der Waals surface area (Å²) in [5.74, 6) is -0.0363. The second kappa shape index (κ2) is 5.22. The highest BCUT2D eigenvalue weighted by Crippen LogP contribution is 2.20. The number of anilines is 1. The minimum atomic E-state index is -0.270. The van der Waals surface area contributed by atoms with Crippen molar-refractivity contribution in [3.63, 3.8) is 0 Å². The number of aliphatic hydroxyl groups is 1. The van der Waals surface area contributed by atoms with Crippen LogP contribution in [0.1, 0.15) is 23.2 Å². The summed E-state index contributed by atoms with van der Waals surface area (Å²) in [6, 6.07) is 5.44. The first-order chi connectivity index (χ1) is 8.08. The highest BCUT2D eigenvalue weighted by Gasteiger charge is 2.23. The molecule has 0 aliphatic carbocycles. The predicted molar refractivity (Wildman–Crippen MR) is 74.7 cm³/mol. The zero-order valence-electron chi connectivity index (χ0n) is 9.40. The number of nitrogens with zero attached hydrogens (tertiary/aromatic N) is 1. The number of piperidine rings is 1. The number of amides is 1. The van der Waals surface area contributed by atoms with Gasteiger partial charge in [0, 0.05) is 22.3 Å². The first kappa shape index (κ1) is 12.6. The van der Waals surface area contributed by atoms with Gasteiger partial charge in [-0.15, -0.1) is 0 Å². The van der Waals surface area contributed by atoms with Crippen molar-refractivity contribution in [2.24, 2.45) is 0 Å². The van der Waals surface area contributed by atoms with Gasteiger partial charge in [0.1, 0.15) is 0 Å². The molecule has 3 N–H and O–H groups in total. The second-order valence-corrected chi connectivity index (χ2v) is 5.50. The third-order valence-corrected chi connectivity index (χ3v) is 3.67. The van der Waals surface area contributed by atoms with Gasteiger partial charge in [-0.3, -0.25) is 4.79 Å². The zero-order chi connectivity index (χ0) is 12.4. The number of rotatable bonds is 1. The fraction of sp³-hybridized carbons (Fsp3) is 0.417. The molecule has 2 rings (SSSR count). The topological polar surface area (TPSA) is 66.6 Å². The van der Waals surface area contributed by atoms with Gasteiger partial charge < -0.3 is 15.7 Å². The molecule has 0 atom stereocenters. The second-order valence-electron chi connectivity index (χ2n) is 4.25. The highest BCUT2D eigenvalue weighted by atomic mass is 127. The van der Waals surface area contributed by atoms with Crippen LogP contribution in [0, 0.1) is 3.57 Å². The van der Waals surface area contributed by atoms with E-state index in [0.717, 1.165) is 3.57 Å². The minimum absolute atomic E-state index is 0.0363. The fourth-order valence-electron chi connectivity index (χ4n) is 1.97. The van der Waals surface area contributed by atoms with Crippen molar-refractivity contribution in [3.05, 3.63) is 27.3 Å². The van der Waals surface area contributed by atoms with Crippen LogP contribution < -0.4 is 5.73 Å². The Balaban J connectivity index is 2.14. The maximum atomic E-state index is 12.2. The molecular formula is C12H15IN2O2. The quantitative estimate of drug-likeness (QED) is 0.598. The average Bonchev–Trinajstić information content (AvgIpc) is 2.29. The van der Waals surface area contributed by atoms with Gasteiger partial charge in [0.25, 0.3) is 5.91 Å². The summed E-state index contributed by atoms with van der Waals surface area (Å²) in [7, 11) is 0. The van der Waals surface area contributed by atoms with E-state index in [1.807, 2.05) is 6.07 Å². The molecular weight excluding hydrogens is 331 g/mol. The molecule has 1 aliphatic rings. The zero-order valence-corrected chi connectivity index (χ0v) is 11.6. The third-order valence-electron chi connectivity index (χ3n) is 3.00. The van der Waals surface area contributed by atoms with Crippen LogP contribution in [0.5, 0.6) is 0 Å². The summed E-state index contributed by atoms with van der Waals surface area (Å²) in [5.41, 5.74) is 6.93. The first-order valence-electron chi connectivity index (χ1n) is 5.60. The molecule has 92 valence electrons. The van der Waals surface area contributed by atoms with Crippen molar-refractivity contribution in [1.29, 1.82) is 0 Å². The van der Waals surface area contributed by atoms with Gasteiger partial charge in [-0.25, -0.2) is 0 Å². The van der Waals surface area contributed by atoms with Crippen LogP contribution in [0.4, 0.5) is 5.69 Å². The van der Waals surface area contributed by atoms with E-state index < -0.39 is 0 Å². The standard InChI is InChI=1S/C12H15IN2O2/c13-8-1-2-10(11(14)7-8)12(17)15-5-3-9(16)4-6-15/h1-2,7,9,16H,3-6,14H2. The monoisotopic (exact) mass is 346 g/mol. The first-order valence-corrected chi connectivity index (χ1v) is 6.68. The highest BCUT2D eigenvalue weighted by molar-refractivity contribution is 14.1. The van der Waals surface area contributed by atoms with E-state index in [9.17, 15) is 9.90 Å². The van der Waals surface area contributed by atoms with Gasteiger partial charge >= 0.3 is 0 Å². The lowest BCUT2D eigenvalue weighted by Gasteiger charge is -2.30. The maximum Gasteiger partial charge on any atom is 0.255 e. The summed E-state index contributed by atoms with van der Waals surface area (Å²) in [6.07, 6.45) is 1.03. The number of nitrogen functional groups attached to an aromatic ring is 1. The van der Waals surface area contributed by atoms with Crippen molar-refractivity contribution in [1.82, 2.24) is 4.90 Å². The van der Waals surface area contributed by atoms with Crippen LogP contribution >= 0.6 is 22.6 Å². The lowest BCUT2D eigenvalue weighted by molar-refractivity contribution is 0.0547. The third kappa shape index (κ3) is 2.90. The number of carbonyl (C=O) groups is 1. The number of halogens is 1. The number of aliphatic hydroxyl groups excluding tert-OH is 1. The molecule has 17 heavy (non-hydrogen) atoms. The lowest BCUT2D eigenvalue weighted by atomic mass is 10.1. The molecule has 4 nitrogen and oxygen atoms in total. The van der Waals surface area contributed by atoms with Gasteiger partial charge in [0.05, 0.1) is 11.7 Å². The van der Waals surface area contributed by atoms with E-state index in [4.69, 9.17) is 5.73 Å². The predicted octanol–water partition coefficient (Wildman–Crippen LogP) is 1.47. The van der Waals surface area contributed by atoms with Crippen molar-refractivity contribution >= 4 is 34.2 Å². The number of hydrogen-bond acceptors (Lipinski definition) is 3. The van der Waals surface area contributed by atoms with E-state index in [2.05, 4.69) is 22.6 Å². The largest absolute Gasteiger partial charge is 0.398 e. The number of carbonyl (C=O) groups excluding carboxylic acids is 1. The van der Waals surface area contributed by atoms with E-state index in [1.165, 1.54) is 0 Å². The van der Waals surface area contributed by atoms with Crippen LogP contribution in [0.15, 0.2) is 18.2 Å². The van der Waals surface area contributed by atoms with Gasteiger partial charge in [-0.2, -0.15) is 0 Å². The Morgan fingerprint density at radius 2 is 2.06 bits per heavy atom. The molecule has 1 fully saturated rings. The summed E-state index contributed by atoms with van der Waals surface area (Å²) in [5, 5.41) is 9.41. The van der Waals surface area contributed by atoms with Gasteiger partial charge in [0.15, 0.2) is 0 Å². The van der Waals surface area contributed by atoms with Crippen molar-refractivity contribution in [2.75, 3.05) is 18.8 Å². The van der Waals surface area contributed by atoms with E-state index in [-0.39, 0.29) is 12.0 Å². The number of likely N-dealkylation sites (tertiary alicyclic amines) is 1. The molecule has 1 amide bonds. The molecule has 1 heterocycles. The average molecular weight is 346 g/mol. The van der Waals surface area contributed by atoms with Gasteiger partial charge in [-0.05, 0) is 53.6 Å². The summed E-state index contributed by atoms with van der Waals surface area (Å²) in [6.45, 7) is 1.21. The van der Waals surface area contributed by atoms with Crippen molar-refractivity contribution < 1.29 is 9.90 Å². The Bertz CT molecular complexity index is 429. The molecule has 1 aromatic rings. The molecule has 0 unspecified atom stereocenters. The maximum absolute atomic E-state index is 12.2. The van der Waals surface area contributed by atoms with Crippen molar-refractivity contribution in [3.8, 4) is 0 Å². The Hall–Kier alpha value is -0.820. The molecule has 5 heteroatoms. The number of benzene rings is 1. The normalized spacial score (nSPS) is 17.2. The van der Waals surface area contributed by atoms with Crippen LogP contribution in [-0.2, 0) is 0 Å². The van der Waals surface area contributed by atoms with E-state index in [0.29, 0.717) is 37.2 Å². The fourth-order valence-corrected chi connectivity index (χ4v) is 2.48. The van der Waals surface area contributed by atoms with Gasteiger partial charge in [0.2, 0.25) is 0 Å². The Labute approximate surface area is 114 Å². The molecule has 0 bridgehead atoms. The molecule has 1 saturated heterocycles. The van der Waals surface area contributed by atoms with E-state index in [1.54, 1.807) is 17.0 Å². The summed E-state index contributed by atoms with van der Waals surface area (Å²) in [4.78, 5) is 14.0. The smallest absolute Gasteiger partial charge is 0.255 e. The Morgan fingerprint density at radius 3 is 2.65 bits per heavy atom. The Kier molecular flexibility index (Phi) is 3.88. The minimum Gasteiger partial charge on any atom is -0.398 e. The van der Waals surface area contributed by atoms with Crippen molar-refractivity contribution in [2.45, 2.75) is 18.9 Å². The number of hydrogen-bond donors (Lipinski definition) is 2. The molecule has 1 aromatic carbocycles. The molecule has 0 aromatic heterocycles. The van der Waals surface area contributed by atoms with Crippen LogP contribution in [-0.4, -0.2) is 35.1 Å². The molecule has 0 radical (unpaired) electrons. The van der Waals surface area contributed by atoms with Crippen LogP contribution in [0.2, 0.25) is 0 Å². The Morgan fingerprint density at radius 1 is 1.41 bits per heavy atom. The van der Waals surface area contributed by atoms with Crippen LogP contribution in [0.3, 0.4) is 0 Å². The van der Waals surface area contributed by atoms with E-state index >= 15 is 0 Å². The molecule has 1 aliphatic heterocycles. The SMILES string of the molecule is Nc1cc(I)ccc1C(=O)N1CCC(O)CC1. The lowest BCUT2D eigenvalue weighted by Crippen LogP contribution is -2.40. The summed E-state index contributed by atoms with van der Waals surface area (Å²) < 4.78 is 1.02. The molecule has 0 spiro atoms. The molecule has 0 saturated carbocycles. The van der Waals surface area contributed by atoms with Gasteiger partial charge in [-0.1, -0.05) is 0 Å². The number of nitrogens with two attached hydrogens (primary N) is 1. The van der Waals surface area contributed by atoms with Crippen LogP contribution in [0.25, 0.3) is 0 Å².